The van der Waals surface area contributed by atoms with Gasteiger partial charge in [0.15, 0.2) is 0 Å². The minimum absolute atomic E-state index is 0.230. The van der Waals surface area contributed by atoms with E-state index in [4.69, 9.17) is 5.11 Å². The highest BCUT2D eigenvalue weighted by Crippen LogP contribution is 2.12. The van der Waals surface area contributed by atoms with Crippen LogP contribution in [0.15, 0.2) is 0 Å². The molecule has 0 aromatic carbocycles. The smallest absolute Gasteiger partial charge is 0.425 e. The van der Waals surface area contributed by atoms with Crippen LogP contribution in [-0.4, -0.2) is 56.4 Å². The zero-order chi connectivity index (χ0) is 13.5. The van der Waals surface area contributed by atoms with E-state index in [0.29, 0.717) is 19.6 Å². The number of carbonyl (C=O) groups is 1. The normalized spacial score (nSPS) is 12.2. The van der Waals surface area contributed by atoms with Gasteiger partial charge in [-0.05, 0) is 20.8 Å². The molecule has 0 bridgehead atoms. The fraction of sp³-hybridized carbons (Fsp3) is 0.889. The number of nitrogens with zero attached hydrogens (tertiary/aromatic N) is 1. The van der Waals surface area contributed by atoms with Crippen molar-refractivity contribution in [3.63, 3.8) is 0 Å². The topological polar surface area (TPSA) is 92.7 Å². The molecule has 1 amide bonds. The van der Waals surface area contributed by atoms with Gasteiger partial charge in [-0.1, -0.05) is 0 Å². The Morgan fingerprint density at radius 1 is 1.24 bits per heavy atom. The van der Waals surface area contributed by atoms with Crippen molar-refractivity contribution >= 4 is 16.3 Å². The summed E-state index contributed by atoms with van der Waals surface area (Å²) in [5.74, 6) is 0. The van der Waals surface area contributed by atoms with E-state index in [1.54, 1.807) is 20.8 Å². The van der Waals surface area contributed by atoms with E-state index in [1.807, 2.05) is 4.72 Å². The SMILES string of the molecule is CC[N+](CC)(CC)S(=O)(=O)NC(=O)OCCO. The first kappa shape index (κ1) is 16.1. The molecule has 0 spiro atoms. The molecule has 0 fully saturated rings. The highest BCUT2D eigenvalue weighted by Gasteiger charge is 2.39. The molecule has 0 rings (SSSR count). The number of carbonyl (C=O) groups excluding carboxylic acids is 1. The van der Waals surface area contributed by atoms with E-state index >= 15 is 0 Å². The second-order valence-corrected chi connectivity index (χ2v) is 5.37. The summed E-state index contributed by atoms with van der Waals surface area (Å²) in [7, 11) is -3.83. The Morgan fingerprint density at radius 2 is 1.71 bits per heavy atom. The Morgan fingerprint density at radius 3 is 2.06 bits per heavy atom. The lowest BCUT2D eigenvalue weighted by Gasteiger charge is -2.32. The molecule has 8 heteroatoms. The van der Waals surface area contributed by atoms with Crippen LogP contribution in [0.4, 0.5) is 4.79 Å². The van der Waals surface area contributed by atoms with Crippen LogP contribution < -0.4 is 4.72 Å². The van der Waals surface area contributed by atoms with Crippen LogP contribution in [0.1, 0.15) is 20.8 Å². The summed E-state index contributed by atoms with van der Waals surface area (Å²) in [6.07, 6.45) is -1.06. The Labute approximate surface area is 102 Å². The van der Waals surface area contributed by atoms with Crippen LogP contribution in [0.2, 0.25) is 0 Å². The monoisotopic (exact) mass is 269 g/mol. The lowest BCUT2D eigenvalue weighted by molar-refractivity contribution is -0.801. The van der Waals surface area contributed by atoms with Crippen LogP contribution in [0, 0.1) is 0 Å². The first-order valence-corrected chi connectivity index (χ1v) is 6.99. The fourth-order valence-electron chi connectivity index (χ4n) is 1.55. The number of aliphatic hydroxyl groups is 1. The number of aliphatic hydroxyl groups excluding tert-OH is 1. The van der Waals surface area contributed by atoms with Gasteiger partial charge in [0.1, 0.15) is 6.61 Å². The minimum Gasteiger partial charge on any atom is -0.446 e. The lowest BCUT2D eigenvalue weighted by atomic mass is 10.5. The van der Waals surface area contributed by atoms with Gasteiger partial charge in [-0.2, -0.15) is 13.1 Å². The van der Waals surface area contributed by atoms with E-state index in [-0.39, 0.29) is 17.1 Å². The van der Waals surface area contributed by atoms with Crippen LogP contribution in [-0.2, 0) is 14.9 Å². The van der Waals surface area contributed by atoms with Crippen molar-refractivity contribution in [1.82, 2.24) is 4.72 Å². The maximum absolute atomic E-state index is 12.0. The van der Waals surface area contributed by atoms with Gasteiger partial charge in [-0.25, -0.2) is 8.68 Å². The van der Waals surface area contributed by atoms with Gasteiger partial charge in [-0.3, -0.25) is 0 Å². The van der Waals surface area contributed by atoms with Gasteiger partial charge in [0.05, 0.1) is 26.2 Å². The molecular weight excluding hydrogens is 248 g/mol. The Balaban J connectivity index is 4.82. The molecule has 17 heavy (non-hydrogen) atoms. The number of ether oxygens (including phenoxy) is 1. The molecule has 0 saturated heterocycles. The van der Waals surface area contributed by atoms with Gasteiger partial charge in [0, 0.05) is 0 Å². The molecule has 102 valence electrons. The quantitative estimate of drug-likeness (QED) is 0.626. The average Bonchev–Trinajstić information content (AvgIpc) is 2.28. The molecule has 0 radical (unpaired) electrons. The van der Waals surface area contributed by atoms with Crippen molar-refractivity contribution in [2.45, 2.75) is 20.8 Å². The van der Waals surface area contributed by atoms with E-state index in [2.05, 4.69) is 4.74 Å². The van der Waals surface area contributed by atoms with Crippen molar-refractivity contribution in [2.24, 2.45) is 0 Å². The van der Waals surface area contributed by atoms with Crippen molar-refractivity contribution < 1.29 is 26.9 Å². The van der Waals surface area contributed by atoms with Crippen molar-refractivity contribution in [2.75, 3.05) is 32.8 Å². The predicted octanol–water partition coefficient (Wildman–Crippen LogP) is -0.174. The van der Waals surface area contributed by atoms with E-state index < -0.39 is 16.3 Å². The van der Waals surface area contributed by atoms with Gasteiger partial charge < -0.3 is 9.84 Å². The van der Waals surface area contributed by atoms with Crippen LogP contribution in [0.5, 0.6) is 0 Å². The van der Waals surface area contributed by atoms with Gasteiger partial charge in [0.2, 0.25) is 0 Å². The number of rotatable bonds is 7. The van der Waals surface area contributed by atoms with Gasteiger partial charge in [-0.15, -0.1) is 0 Å². The fourth-order valence-corrected chi connectivity index (χ4v) is 3.03. The Bertz CT molecular complexity index is 329. The largest absolute Gasteiger partial charge is 0.446 e. The highest BCUT2D eigenvalue weighted by atomic mass is 32.2. The van der Waals surface area contributed by atoms with Gasteiger partial charge in [0.25, 0.3) is 0 Å². The summed E-state index contributed by atoms with van der Waals surface area (Å²) < 4.78 is 30.1. The molecule has 0 aromatic rings. The third-order valence-electron chi connectivity index (χ3n) is 2.78. The first-order chi connectivity index (χ1) is 7.89. The molecule has 0 saturated carbocycles. The van der Waals surface area contributed by atoms with E-state index in [0.717, 1.165) is 0 Å². The van der Waals surface area contributed by atoms with Gasteiger partial charge >= 0.3 is 16.3 Å². The summed E-state index contributed by atoms with van der Waals surface area (Å²) in [5, 5.41) is 8.45. The van der Waals surface area contributed by atoms with Crippen molar-refractivity contribution in [1.29, 1.82) is 0 Å². The number of quaternary nitrogens is 1. The van der Waals surface area contributed by atoms with E-state index in [9.17, 15) is 13.2 Å². The summed E-state index contributed by atoms with van der Waals surface area (Å²) in [6.45, 7) is 5.72. The van der Waals surface area contributed by atoms with Crippen molar-refractivity contribution in [3.8, 4) is 0 Å². The summed E-state index contributed by atoms with van der Waals surface area (Å²) in [4.78, 5) is 11.2. The van der Waals surface area contributed by atoms with E-state index in [1.165, 1.54) is 0 Å². The minimum atomic E-state index is -3.83. The summed E-state index contributed by atoms with van der Waals surface area (Å²) in [5.41, 5.74) is 0. The van der Waals surface area contributed by atoms with Crippen LogP contribution in [0.25, 0.3) is 0 Å². The average molecular weight is 269 g/mol. The molecule has 0 aliphatic rings. The molecule has 0 aliphatic carbocycles. The second-order valence-electron chi connectivity index (χ2n) is 3.44. The van der Waals surface area contributed by atoms with Crippen LogP contribution in [0.3, 0.4) is 0 Å². The number of hydrogen-bond acceptors (Lipinski definition) is 5. The Kier molecular flexibility index (Phi) is 6.43. The molecule has 0 aromatic heterocycles. The zero-order valence-corrected chi connectivity index (χ0v) is 11.3. The summed E-state index contributed by atoms with van der Waals surface area (Å²) in [6, 6.07) is 0. The molecular formula is C9H21N2O5S+. The molecule has 0 heterocycles. The first-order valence-electron chi connectivity index (χ1n) is 5.55. The van der Waals surface area contributed by atoms with Crippen LogP contribution >= 0.6 is 0 Å². The lowest BCUT2D eigenvalue weighted by Crippen LogP contribution is -2.58. The molecule has 0 atom stereocenters. The predicted molar refractivity (Wildman–Crippen MR) is 62.4 cm³/mol. The maximum atomic E-state index is 12.0. The standard InChI is InChI=1S/C9H20N2O5S/c1-4-11(5-2,6-3)17(14,15)10-9(13)16-8-7-12/h12H,4-8H2,1-3H3/p+1. The number of amides is 1. The third-order valence-corrected chi connectivity index (χ3v) is 4.99. The number of hydrogen-bond donors (Lipinski definition) is 2. The summed E-state index contributed by atoms with van der Waals surface area (Å²) >= 11 is 0. The number of nitrogens with one attached hydrogen (secondary N) is 1. The molecule has 2 N–H and O–H groups in total. The molecule has 7 nitrogen and oxygen atoms in total. The molecule has 0 aliphatic heterocycles. The molecule has 0 unspecified atom stereocenters. The second kappa shape index (κ2) is 6.77. The Hall–Kier alpha value is -0.860. The van der Waals surface area contributed by atoms with Crippen molar-refractivity contribution in [3.05, 3.63) is 0 Å². The zero-order valence-electron chi connectivity index (χ0n) is 10.5. The maximum Gasteiger partial charge on any atom is 0.425 e. The highest BCUT2D eigenvalue weighted by molar-refractivity contribution is 7.84. The third kappa shape index (κ3) is 3.83.